The summed E-state index contributed by atoms with van der Waals surface area (Å²) in [5, 5.41) is 0. The van der Waals surface area contributed by atoms with Crippen LogP contribution in [-0.4, -0.2) is 0 Å². The summed E-state index contributed by atoms with van der Waals surface area (Å²) in [5.41, 5.74) is 2.51. The van der Waals surface area contributed by atoms with E-state index in [-0.39, 0.29) is 6.10 Å². The molecule has 0 N–H and O–H groups in total. The van der Waals surface area contributed by atoms with Crippen LogP contribution in [-0.2, 0) is 0 Å². The van der Waals surface area contributed by atoms with Crippen LogP contribution in [0.2, 0.25) is 0 Å². The van der Waals surface area contributed by atoms with Crippen LogP contribution in [0, 0.1) is 6.92 Å². The van der Waals surface area contributed by atoms with E-state index in [1.807, 2.05) is 32.0 Å². The second-order valence-corrected chi connectivity index (χ2v) is 4.62. The van der Waals surface area contributed by atoms with E-state index in [1.54, 1.807) is 0 Å². The van der Waals surface area contributed by atoms with Gasteiger partial charge in [0.15, 0.2) is 0 Å². The quantitative estimate of drug-likeness (QED) is 0.653. The van der Waals surface area contributed by atoms with E-state index in [0.29, 0.717) is 0 Å². The summed E-state index contributed by atoms with van der Waals surface area (Å²) in [4.78, 5) is 0. The minimum Gasteiger partial charge on any atom is -0.486 e. The molecule has 2 aromatic carbocycles. The predicted octanol–water partition coefficient (Wildman–Crippen LogP) is 5.94. The van der Waals surface area contributed by atoms with Crippen molar-refractivity contribution in [2.24, 2.45) is 0 Å². The molecular formula is C19H26O. The number of hydrogen-bond acceptors (Lipinski definition) is 1. The van der Waals surface area contributed by atoms with Crippen molar-refractivity contribution in [2.75, 3.05) is 0 Å². The molecule has 0 saturated carbocycles. The number of ether oxygens (including phenoxy) is 1. The molecule has 108 valence electrons. The second kappa shape index (κ2) is 9.19. The highest BCUT2D eigenvalue weighted by Gasteiger charge is 2.11. The first-order valence-corrected chi connectivity index (χ1v) is 7.58. The van der Waals surface area contributed by atoms with Crippen LogP contribution in [0.25, 0.3) is 0 Å². The maximum absolute atomic E-state index is 6.10. The first-order valence-electron chi connectivity index (χ1n) is 7.58. The Morgan fingerprint density at radius 2 is 1.50 bits per heavy atom. The molecule has 0 radical (unpaired) electrons. The van der Waals surface area contributed by atoms with Gasteiger partial charge in [-0.25, -0.2) is 0 Å². The zero-order chi connectivity index (χ0) is 14.8. The number of rotatable bonds is 5. The molecule has 0 aliphatic rings. The van der Waals surface area contributed by atoms with Crippen LogP contribution in [0.1, 0.15) is 50.8 Å². The maximum atomic E-state index is 6.10. The largest absolute Gasteiger partial charge is 0.486 e. The van der Waals surface area contributed by atoms with E-state index in [4.69, 9.17) is 4.74 Å². The summed E-state index contributed by atoms with van der Waals surface area (Å²) >= 11 is 0. The smallest absolute Gasteiger partial charge is 0.124 e. The third kappa shape index (κ3) is 5.08. The molecule has 0 fully saturated rings. The fourth-order valence-electron chi connectivity index (χ4n) is 2.00. The van der Waals surface area contributed by atoms with E-state index in [9.17, 15) is 0 Å². The molecule has 1 nitrogen and oxygen atoms in total. The fourth-order valence-corrected chi connectivity index (χ4v) is 2.00. The molecule has 0 aromatic heterocycles. The van der Waals surface area contributed by atoms with Crippen LogP contribution in [0.4, 0.5) is 0 Å². The summed E-state index contributed by atoms with van der Waals surface area (Å²) < 4.78 is 6.10. The van der Waals surface area contributed by atoms with Crippen LogP contribution in [0.15, 0.2) is 54.6 Å². The molecule has 2 rings (SSSR count). The van der Waals surface area contributed by atoms with Gasteiger partial charge >= 0.3 is 0 Å². The van der Waals surface area contributed by atoms with Gasteiger partial charge in [0.2, 0.25) is 0 Å². The predicted molar refractivity (Wildman–Crippen MR) is 87.2 cm³/mol. The summed E-state index contributed by atoms with van der Waals surface area (Å²) in [7, 11) is 0. The summed E-state index contributed by atoms with van der Waals surface area (Å²) in [6.07, 6.45) is 2.31. The van der Waals surface area contributed by atoms with Crippen LogP contribution in [0.3, 0.4) is 0 Å². The lowest BCUT2D eigenvalue weighted by molar-refractivity contribution is 0.194. The summed E-state index contributed by atoms with van der Waals surface area (Å²) in [6, 6.07) is 18.7. The maximum Gasteiger partial charge on any atom is 0.124 e. The Balaban J connectivity index is 0.000000956. The van der Waals surface area contributed by atoms with E-state index >= 15 is 0 Å². The molecule has 0 amide bonds. The molecule has 20 heavy (non-hydrogen) atoms. The van der Waals surface area contributed by atoms with Crippen molar-refractivity contribution in [1.29, 1.82) is 0 Å². The molecule has 0 bridgehead atoms. The Kier molecular flexibility index (Phi) is 7.49. The fraction of sp³-hybridized carbons (Fsp3) is 0.368. The Bertz CT molecular complexity index is 459. The van der Waals surface area contributed by atoms with Crippen molar-refractivity contribution in [3.05, 3.63) is 65.7 Å². The van der Waals surface area contributed by atoms with Gasteiger partial charge in [0, 0.05) is 0 Å². The summed E-state index contributed by atoms with van der Waals surface area (Å²) in [6.45, 7) is 8.28. The highest BCUT2D eigenvalue weighted by atomic mass is 16.5. The average molecular weight is 270 g/mol. The Morgan fingerprint density at radius 1 is 0.900 bits per heavy atom. The standard InChI is InChI=1S/C17H20O.C2H6/c1-3-7-17(15-8-5-4-6-9-15)18-16-12-10-14(2)11-13-16;1-2/h4-6,8-13,17H,3,7H2,1-2H3;1-2H3. The van der Waals surface area contributed by atoms with E-state index in [1.165, 1.54) is 11.1 Å². The highest BCUT2D eigenvalue weighted by Crippen LogP contribution is 2.25. The number of benzene rings is 2. The lowest BCUT2D eigenvalue weighted by atomic mass is 10.1. The molecule has 0 aliphatic carbocycles. The van der Waals surface area contributed by atoms with Gasteiger partial charge in [0.25, 0.3) is 0 Å². The molecule has 1 heteroatoms. The molecular weight excluding hydrogens is 244 g/mol. The van der Waals surface area contributed by atoms with Crippen molar-refractivity contribution in [1.82, 2.24) is 0 Å². The highest BCUT2D eigenvalue weighted by molar-refractivity contribution is 5.28. The van der Waals surface area contributed by atoms with Gasteiger partial charge in [-0.3, -0.25) is 0 Å². The van der Waals surface area contributed by atoms with Gasteiger partial charge in [-0.2, -0.15) is 0 Å². The zero-order valence-electron chi connectivity index (χ0n) is 13.1. The van der Waals surface area contributed by atoms with Crippen LogP contribution in [0.5, 0.6) is 5.75 Å². The SMILES string of the molecule is CC.CCCC(Oc1ccc(C)cc1)c1ccccc1. The monoisotopic (exact) mass is 270 g/mol. The van der Waals surface area contributed by atoms with Crippen molar-refractivity contribution in [2.45, 2.75) is 46.6 Å². The number of aryl methyl sites for hydroxylation is 1. The Hall–Kier alpha value is -1.76. The lowest BCUT2D eigenvalue weighted by Gasteiger charge is -2.19. The molecule has 2 aromatic rings. The molecule has 1 unspecified atom stereocenters. The van der Waals surface area contributed by atoms with Crippen molar-refractivity contribution < 1.29 is 4.74 Å². The number of hydrogen-bond donors (Lipinski definition) is 0. The topological polar surface area (TPSA) is 9.23 Å². The minimum absolute atomic E-state index is 0.152. The normalized spacial score (nSPS) is 11.2. The van der Waals surface area contributed by atoms with Crippen LogP contribution < -0.4 is 4.74 Å². The van der Waals surface area contributed by atoms with Crippen molar-refractivity contribution in [3.8, 4) is 5.75 Å². The van der Waals surface area contributed by atoms with E-state index in [0.717, 1.165) is 18.6 Å². The van der Waals surface area contributed by atoms with Gasteiger partial charge in [0.05, 0.1) is 0 Å². The molecule has 0 saturated heterocycles. The van der Waals surface area contributed by atoms with Gasteiger partial charge in [-0.15, -0.1) is 0 Å². The molecule has 0 spiro atoms. The van der Waals surface area contributed by atoms with Crippen LogP contribution >= 0.6 is 0 Å². The van der Waals surface area contributed by atoms with E-state index < -0.39 is 0 Å². The third-order valence-corrected chi connectivity index (χ3v) is 3.02. The Labute approximate surface area is 123 Å². The molecule has 0 aliphatic heterocycles. The van der Waals surface area contributed by atoms with Crippen molar-refractivity contribution in [3.63, 3.8) is 0 Å². The second-order valence-electron chi connectivity index (χ2n) is 4.62. The lowest BCUT2D eigenvalue weighted by Crippen LogP contribution is -2.07. The third-order valence-electron chi connectivity index (χ3n) is 3.02. The zero-order valence-corrected chi connectivity index (χ0v) is 13.1. The Morgan fingerprint density at radius 3 is 2.05 bits per heavy atom. The van der Waals surface area contributed by atoms with Crippen molar-refractivity contribution >= 4 is 0 Å². The molecule has 0 heterocycles. The summed E-state index contributed by atoms with van der Waals surface area (Å²) in [5.74, 6) is 0.947. The first-order chi connectivity index (χ1) is 9.79. The van der Waals surface area contributed by atoms with E-state index in [2.05, 4.69) is 50.2 Å². The molecule has 1 atom stereocenters. The van der Waals surface area contributed by atoms with Gasteiger partial charge in [0.1, 0.15) is 11.9 Å². The van der Waals surface area contributed by atoms with Gasteiger partial charge in [-0.1, -0.05) is 75.2 Å². The van der Waals surface area contributed by atoms with Gasteiger partial charge < -0.3 is 4.74 Å². The van der Waals surface area contributed by atoms with Gasteiger partial charge in [-0.05, 0) is 31.0 Å². The minimum atomic E-state index is 0.152. The first kappa shape index (κ1) is 16.3. The average Bonchev–Trinajstić information content (AvgIpc) is 2.52.